The number of rotatable bonds is 6. The molecule has 0 unspecified atom stereocenters. The van der Waals surface area contributed by atoms with Crippen molar-refractivity contribution in [3.63, 3.8) is 0 Å². The molecule has 0 aliphatic carbocycles. The number of hydrogen-bond donors (Lipinski definition) is 2. The summed E-state index contributed by atoms with van der Waals surface area (Å²) in [6.45, 7) is 1.26. The van der Waals surface area contributed by atoms with E-state index in [9.17, 15) is 0 Å². The third-order valence-electron chi connectivity index (χ3n) is 2.37. The number of nitrogens with zero attached hydrogens (tertiary/aromatic N) is 4. The van der Waals surface area contributed by atoms with Gasteiger partial charge in [0.2, 0.25) is 17.7 Å². The molecule has 0 bridgehead atoms. The van der Waals surface area contributed by atoms with Crippen molar-refractivity contribution in [1.29, 1.82) is 0 Å². The molecule has 0 saturated heterocycles. The zero-order valence-electron chi connectivity index (χ0n) is 10.8. The van der Waals surface area contributed by atoms with Crippen molar-refractivity contribution in [3.05, 3.63) is 18.5 Å². The van der Waals surface area contributed by atoms with Gasteiger partial charge in [-0.05, 0) is 0 Å². The topological polar surface area (TPSA) is 100 Å². The molecule has 2 aromatic rings. The van der Waals surface area contributed by atoms with Crippen LogP contribution in [0.15, 0.2) is 18.5 Å². The van der Waals surface area contributed by atoms with Crippen LogP contribution in [0.4, 0.5) is 11.6 Å². The molecule has 0 aromatic carbocycles. The molecule has 0 saturated carbocycles. The summed E-state index contributed by atoms with van der Waals surface area (Å²) in [4.78, 5) is 8.31. The molecule has 3 N–H and O–H groups in total. The van der Waals surface area contributed by atoms with Gasteiger partial charge in [-0.15, -0.1) is 0 Å². The second-order valence-corrected chi connectivity index (χ2v) is 3.74. The maximum atomic E-state index is 5.58. The van der Waals surface area contributed by atoms with E-state index in [-0.39, 0.29) is 0 Å². The van der Waals surface area contributed by atoms with Gasteiger partial charge in [0.25, 0.3) is 0 Å². The summed E-state index contributed by atoms with van der Waals surface area (Å²) in [6.07, 6.45) is 3.36. The number of ether oxygens (including phenoxy) is 2. The first-order valence-corrected chi connectivity index (χ1v) is 5.70. The molecule has 0 aliphatic rings. The van der Waals surface area contributed by atoms with Gasteiger partial charge in [0, 0.05) is 12.7 Å². The van der Waals surface area contributed by atoms with Crippen molar-refractivity contribution >= 4 is 11.6 Å². The minimum atomic E-state index is 0.441. The van der Waals surface area contributed by atoms with E-state index < -0.39 is 0 Å². The Morgan fingerprint density at radius 3 is 2.47 bits per heavy atom. The van der Waals surface area contributed by atoms with E-state index in [1.54, 1.807) is 23.1 Å². The normalized spacial score (nSPS) is 10.2. The summed E-state index contributed by atoms with van der Waals surface area (Å²) in [5, 5.41) is 7.14. The van der Waals surface area contributed by atoms with Crippen LogP contribution in [-0.4, -0.2) is 40.5 Å². The van der Waals surface area contributed by atoms with Crippen LogP contribution in [0, 0.1) is 0 Å². The molecule has 0 atom stereocenters. The monoisotopic (exact) mass is 264 g/mol. The van der Waals surface area contributed by atoms with Crippen LogP contribution in [0.2, 0.25) is 0 Å². The molecule has 102 valence electrons. The van der Waals surface area contributed by atoms with Gasteiger partial charge in [-0.25, -0.2) is 0 Å². The van der Waals surface area contributed by atoms with Gasteiger partial charge >= 0.3 is 0 Å². The summed E-state index contributed by atoms with van der Waals surface area (Å²) in [6, 6.07) is 1.61. The lowest BCUT2D eigenvalue weighted by Gasteiger charge is -2.08. The van der Waals surface area contributed by atoms with Crippen LogP contribution in [0.3, 0.4) is 0 Å². The molecule has 8 nitrogen and oxygen atoms in total. The third kappa shape index (κ3) is 3.47. The Bertz CT molecular complexity index is 519. The first-order chi connectivity index (χ1) is 9.21. The predicted octanol–water partition coefficient (Wildman–Crippen LogP) is 0.385. The van der Waals surface area contributed by atoms with Crippen LogP contribution in [-0.2, 0) is 6.54 Å². The van der Waals surface area contributed by atoms with Crippen LogP contribution >= 0.6 is 0 Å². The molecule has 0 fully saturated rings. The molecule has 8 heteroatoms. The highest BCUT2D eigenvalue weighted by Crippen LogP contribution is 2.16. The number of aromatic nitrogens is 4. The Balaban J connectivity index is 1.95. The fraction of sp³-hybridized carbons (Fsp3) is 0.364. The second-order valence-electron chi connectivity index (χ2n) is 3.74. The average molecular weight is 264 g/mol. The second kappa shape index (κ2) is 5.89. The molecular formula is C11H16N6O2. The smallest absolute Gasteiger partial charge is 0.229 e. The first kappa shape index (κ1) is 12.9. The van der Waals surface area contributed by atoms with Gasteiger partial charge in [0.15, 0.2) is 0 Å². The van der Waals surface area contributed by atoms with Crippen molar-refractivity contribution in [2.75, 3.05) is 31.8 Å². The highest BCUT2D eigenvalue weighted by atomic mass is 16.5. The number of nitrogens with one attached hydrogen (secondary N) is 1. The van der Waals surface area contributed by atoms with E-state index in [1.807, 2.05) is 0 Å². The lowest BCUT2D eigenvalue weighted by Crippen LogP contribution is -2.13. The summed E-state index contributed by atoms with van der Waals surface area (Å²) < 4.78 is 11.9. The van der Waals surface area contributed by atoms with Crippen LogP contribution < -0.4 is 20.5 Å². The van der Waals surface area contributed by atoms with Gasteiger partial charge in [-0.1, -0.05) is 0 Å². The minimum absolute atomic E-state index is 0.441. The Kier molecular flexibility index (Phi) is 4.01. The van der Waals surface area contributed by atoms with Crippen molar-refractivity contribution in [2.24, 2.45) is 0 Å². The molecule has 2 aromatic heterocycles. The van der Waals surface area contributed by atoms with Gasteiger partial charge < -0.3 is 20.5 Å². The number of nitrogens with two attached hydrogens (primary N) is 1. The minimum Gasteiger partial charge on any atom is -0.481 e. The number of anilines is 2. The fourth-order valence-electron chi connectivity index (χ4n) is 1.48. The summed E-state index contributed by atoms with van der Waals surface area (Å²) >= 11 is 0. The van der Waals surface area contributed by atoms with Gasteiger partial charge in [-0.2, -0.15) is 15.1 Å². The highest BCUT2D eigenvalue weighted by molar-refractivity contribution is 5.33. The van der Waals surface area contributed by atoms with E-state index in [0.717, 1.165) is 0 Å². The van der Waals surface area contributed by atoms with E-state index in [0.29, 0.717) is 36.5 Å². The molecular weight excluding hydrogens is 248 g/mol. The van der Waals surface area contributed by atoms with Gasteiger partial charge in [0.1, 0.15) is 0 Å². The van der Waals surface area contributed by atoms with Gasteiger partial charge in [-0.3, -0.25) is 4.68 Å². The van der Waals surface area contributed by atoms with Crippen LogP contribution in [0.25, 0.3) is 0 Å². The van der Waals surface area contributed by atoms with Crippen molar-refractivity contribution < 1.29 is 9.47 Å². The van der Waals surface area contributed by atoms with Crippen molar-refractivity contribution in [3.8, 4) is 11.8 Å². The largest absolute Gasteiger partial charge is 0.481 e. The number of nitrogen functional groups attached to an aromatic ring is 1. The lowest BCUT2D eigenvalue weighted by molar-refractivity contribution is 0.372. The number of hydrogen-bond acceptors (Lipinski definition) is 7. The summed E-state index contributed by atoms with van der Waals surface area (Å²) in [5.74, 6) is 1.33. The highest BCUT2D eigenvalue weighted by Gasteiger charge is 2.04. The Morgan fingerprint density at radius 1 is 1.26 bits per heavy atom. The predicted molar refractivity (Wildman–Crippen MR) is 70.3 cm³/mol. The molecule has 2 heterocycles. The quantitative estimate of drug-likeness (QED) is 0.778. The zero-order valence-corrected chi connectivity index (χ0v) is 10.8. The average Bonchev–Trinajstić information content (AvgIpc) is 2.84. The van der Waals surface area contributed by atoms with Crippen LogP contribution in [0.1, 0.15) is 0 Å². The molecule has 19 heavy (non-hydrogen) atoms. The van der Waals surface area contributed by atoms with Crippen molar-refractivity contribution in [1.82, 2.24) is 19.7 Å². The molecule has 0 radical (unpaired) electrons. The Morgan fingerprint density at radius 2 is 1.95 bits per heavy atom. The molecule has 0 spiro atoms. The maximum absolute atomic E-state index is 5.58. The first-order valence-electron chi connectivity index (χ1n) is 5.70. The molecule has 0 aliphatic heterocycles. The van der Waals surface area contributed by atoms with E-state index >= 15 is 0 Å². The van der Waals surface area contributed by atoms with Crippen LogP contribution in [0.5, 0.6) is 11.8 Å². The summed E-state index contributed by atoms with van der Waals surface area (Å²) in [5.41, 5.74) is 6.21. The Labute approximate surface area is 110 Å². The van der Waals surface area contributed by atoms with Crippen molar-refractivity contribution in [2.45, 2.75) is 6.54 Å². The van der Waals surface area contributed by atoms with Gasteiger partial charge in [0.05, 0.1) is 38.7 Å². The fourth-order valence-corrected chi connectivity index (χ4v) is 1.48. The standard InChI is InChI=1S/C11H16N6O2/c1-18-9-5-10(19-2)16-11(15-9)13-3-4-17-7-8(12)6-14-17/h5-7H,3-4,12H2,1-2H3,(H,13,15,16). The summed E-state index contributed by atoms with van der Waals surface area (Å²) in [7, 11) is 3.08. The van der Waals surface area contributed by atoms with E-state index in [2.05, 4.69) is 20.4 Å². The Hall–Kier alpha value is -2.51. The lowest BCUT2D eigenvalue weighted by atomic mass is 10.5. The SMILES string of the molecule is COc1cc(OC)nc(NCCn2cc(N)cn2)n1. The number of methoxy groups -OCH3 is 2. The zero-order chi connectivity index (χ0) is 13.7. The molecule has 2 rings (SSSR count). The third-order valence-corrected chi connectivity index (χ3v) is 2.37. The van der Waals surface area contributed by atoms with E-state index in [1.165, 1.54) is 14.2 Å². The maximum Gasteiger partial charge on any atom is 0.229 e. The van der Waals surface area contributed by atoms with E-state index in [4.69, 9.17) is 15.2 Å². The molecule has 0 amide bonds.